The fourth-order valence-electron chi connectivity index (χ4n) is 1.66. The lowest BCUT2D eigenvalue weighted by molar-refractivity contribution is -0.141. The van der Waals surface area contributed by atoms with Crippen molar-refractivity contribution >= 4 is 34.8 Å². The first-order chi connectivity index (χ1) is 11.1. The molecule has 0 aliphatic heterocycles. The number of carbonyl (C=O) groups excluding carboxylic acids is 1. The van der Waals surface area contributed by atoms with Gasteiger partial charge in [0.1, 0.15) is 11.4 Å². The number of nitrogens with zero attached hydrogens (tertiary/aromatic N) is 2. The molecule has 0 amide bonds. The van der Waals surface area contributed by atoms with Gasteiger partial charge in [-0.15, -0.1) is 0 Å². The van der Waals surface area contributed by atoms with Gasteiger partial charge in [-0.3, -0.25) is 15.5 Å². The first-order valence-electron chi connectivity index (χ1n) is 6.61. The summed E-state index contributed by atoms with van der Waals surface area (Å²) in [5.74, 6) is 0.612. The Morgan fingerprint density at radius 2 is 2.09 bits per heavy atom. The van der Waals surface area contributed by atoms with E-state index < -0.39 is 0 Å². The van der Waals surface area contributed by atoms with Crippen molar-refractivity contribution in [2.75, 3.05) is 24.5 Å². The summed E-state index contributed by atoms with van der Waals surface area (Å²) < 4.78 is 9.95. The van der Waals surface area contributed by atoms with Gasteiger partial charge in [-0.1, -0.05) is 0 Å². The van der Waals surface area contributed by atoms with Gasteiger partial charge in [0.25, 0.3) is 0 Å². The molecule has 8 nitrogen and oxygen atoms in total. The van der Waals surface area contributed by atoms with Crippen LogP contribution in [0.1, 0.15) is 6.42 Å². The minimum atomic E-state index is -0.326. The molecule has 3 N–H and O–H groups in total. The van der Waals surface area contributed by atoms with E-state index in [1.807, 2.05) is 5.48 Å². The Balaban J connectivity index is 1.97. The summed E-state index contributed by atoms with van der Waals surface area (Å²) in [6.07, 6.45) is 1.53. The van der Waals surface area contributed by atoms with E-state index in [1.54, 1.807) is 24.3 Å². The highest BCUT2D eigenvalue weighted by atomic mass is 35.5. The molecule has 0 atom stereocenters. The topological polar surface area (TPSA) is 106 Å². The third-order valence-electron chi connectivity index (χ3n) is 2.80. The van der Waals surface area contributed by atoms with Gasteiger partial charge in [-0.25, -0.2) is 4.98 Å². The Hall–Kier alpha value is -2.58. The first-order valence-corrected chi connectivity index (χ1v) is 6.99. The second-order valence-corrected chi connectivity index (χ2v) is 4.68. The number of ether oxygens (including phenoxy) is 2. The van der Waals surface area contributed by atoms with E-state index in [9.17, 15) is 4.79 Å². The van der Waals surface area contributed by atoms with Crippen LogP contribution in [0.15, 0.2) is 30.5 Å². The Morgan fingerprint density at radius 1 is 1.35 bits per heavy atom. The summed E-state index contributed by atoms with van der Waals surface area (Å²) in [6, 6.07) is 6.97. The van der Waals surface area contributed by atoms with E-state index in [-0.39, 0.29) is 30.0 Å². The molecule has 0 radical (unpaired) electrons. The highest BCUT2D eigenvalue weighted by molar-refractivity contribution is 6.28. The second-order valence-electron chi connectivity index (χ2n) is 4.34. The molecule has 0 bridgehead atoms. The fraction of sp³-hybridized carbons (Fsp3) is 0.214. The van der Waals surface area contributed by atoms with Crippen LogP contribution >= 0.6 is 11.6 Å². The number of rotatable bonds is 7. The Labute approximate surface area is 137 Å². The summed E-state index contributed by atoms with van der Waals surface area (Å²) >= 11 is 5.73. The summed E-state index contributed by atoms with van der Waals surface area (Å²) in [6.45, 7) is 0.236. The van der Waals surface area contributed by atoms with Gasteiger partial charge in [0, 0.05) is 5.69 Å². The van der Waals surface area contributed by atoms with Crippen LogP contribution in [0.2, 0.25) is 5.28 Å². The van der Waals surface area contributed by atoms with Crippen LogP contribution in [-0.4, -0.2) is 34.9 Å². The zero-order valence-corrected chi connectivity index (χ0v) is 13.0. The van der Waals surface area contributed by atoms with E-state index in [1.165, 1.54) is 13.3 Å². The highest BCUT2D eigenvalue weighted by Gasteiger charge is 2.06. The van der Waals surface area contributed by atoms with E-state index in [4.69, 9.17) is 21.5 Å². The molecule has 0 fully saturated rings. The van der Waals surface area contributed by atoms with Crippen molar-refractivity contribution in [3.05, 3.63) is 35.7 Å². The fourth-order valence-corrected chi connectivity index (χ4v) is 1.80. The Morgan fingerprint density at radius 3 is 2.74 bits per heavy atom. The molecule has 0 saturated heterocycles. The van der Waals surface area contributed by atoms with Gasteiger partial charge in [0.05, 0.1) is 26.3 Å². The normalized spacial score (nSPS) is 10.0. The molecule has 0 aliphatic carbocycles. The maximum Gasteiger partial charge on any atom is 0.308 e. The molecular weight excluding hydrogens is 324 g/mol. The lowest BCUT2D eigenvalue weighted by Crippen LogP contribution is -2.07. The maximum absolute atomic E-state index is 11.0. The average Bonchev–Trinajstić information content (AvgIpc) is 2.56. The van der Waals surface area contributed by atoms with Crippen molar-refractivity contribution in [3.63, 3.8) is 0 Å². The SMILES string of the molecule is COC(=O)CCOc1ccc(Nc2nc(Cl)ncc2NO)cc1. The molecule has 2 rings (SSSR count). The van der Waals surface area contributed by atoms with Gasteiger partial charge in [-0.05, 0) is 35.9 Å². The summed E-state index contributed by atoms with van der Waals surface area (Å²) in [5, 5.41) is 12.1. The third kappa shape index (κ3) is 4.97. The molecular formula is C14H15ClN4O4. The molecule has 0 spiro atoms. The molecule has 122 valence electrons. The maximum atomic E-state index is 11.0. The number of benzene rings is 1. The molecule has 1 aromatic carbocycles. The zero-order valence-electron chi connectivity index (χ0n) is 12.2. The number of methoxy groups -OCH3 is 1. The zero-order chi connectivity index (χ0) is 16.7. The monoisotopic (exact) mass is 338 g/mol. The van der Waals surface area contributed by atoms with Crippen LogP contribution in [0.25, 0.3) is 0 Å². The summed E-state index contributed by atoms with van der Waals surface area (Å²) in [7, 11) is 1.33. The van der Waals surface area contributed by atoms with Gasteiger partial charge < -0.3 is 14.8 Å². The number of hydrogen-bond donors (Lipinski definition) is 3. The van der Waals surface area contributed by atoms with Crippen molar-refractivity contribution in [1.29, 1.82) is 0 Å². The van der Waals surface area contributed by atoms with Gasteiger partial charge >= 0.3 is 5.97 Å². The van der Waals surface area contributed by atoms with Crippen molar-refractivity contribution in [2.45, 2.75) is 6.42 Å². The van der Waals surface area contributed by atoms with E-state index in [0.29, 0.717) is 17.3 Å². The number of aromatic nitrogens is 2. The van der Waals surface area contributed by atoms with Gasteiger partial charge in [0.15, 0.2) is 5.82 Å². The standard InChI is InChI=1S/C14H15ClN4O4/c1-22-12(20)6-7-23-10-4-2-9(3-5-10)17-13-11(19-21)8-16-14(15)18-13/h2-5,8,19,21H,6-7H2,1H3,(H,16,17,18). The number of anilines is 3. The number of nitrogens with one attached hydrogen (secondary N) is 2. The van der Waals surface area contributed by atoms with Crippen molar-refractivity contribution in [1.82, 2.24) is 9.97 Å². The molecule has 0 saturated carbocycles. The second kappa shape index (κ2) is 8.16. The third-order valence-corrected chi connectivity index (χ3v) is 2.98. The minimum Gasteiger partial charge on any atom is -0.493 e. The quantitative estimate of drug-likeness (QED) is 0.402. The van der Waals surface area contributed by atoms with Gasteiger partial charge in [-0.2, -0.15) is 4.98 Å². The summed E-state index contributed by atoms with van der Waals surface area (Å²) in [4.78, 5) is 18.7. The largest absolute Gasteiger partial charge is 0.493 e. The molecule has 0 aliphatic rings. The highest BCUT2D eigenvalue weighted by Crippen LogP contribution is 2.24. The predicted molar refractivity (Wildman–Crippen MR) is 84.3 cm³/mol. The first kappa shape index (κ1) is 16.8. The lowest BCUT2D eigenvalue weighted by Gasteiger charge is -2.11. The molecule has 9 heteroatoms. The molecule has 0 unspecified atom stereocenters. The van der Waals surface area contributed by atoms with Crippen LogP contribution in [0, 0.1) is 0 Å². The Kier molecular flexibility index (Phi) is 5.95. The number of halogens is 1. The van der Waals surface area contributed by atoms with E-state index in [0.717, 1.165) is 0 Å². The van der Waals surface area contributed by atoms with Gasteiger partial charge in [0.2, 0.25) is 5.28 Å². The molecule has 23 heavy (non-hydrogen) atoms. The number of hydrogen-bond acceptors (Lipinski definition) is 8. The minimum absolute atomic E-state index is 0.0502. The van der Waals surface area contributed by atoms with Crippen molar-refractivity contribution in [3.8, 4) is 5.75 Å². The number of carbonyl (C=O) groups is 1. The smallest absolute Gasteiger partial charge is 0.308 e. The molecule has 2 aromatic rings. The lowest BCUT2D eigenvalue weighted by atomic mass is 10.3. The van der Waals surface area contributed by atoms with Crippen LogP contribution in [0.5, 0.6) is 5.75 Å². The average molecular weight is 339 g/mol. The van der Waals surface area contributed by atoms with Crippen LogP contribution < -0.4 is 15.5 Å². The van der Waals surface area contributed by atoms with Crippen molar-refractivity contribution in [2.24, 2.45) is 0 Å². The molecule has 1 heterocycles. The van der Waals surface area contributed by atoms with Crippen molar-refractivity contribution < 1.29 is 19.5 Å². The molecule has 1 aromatic heterocycles. The van der Waals surface area contributed by atoms with E-state index in [2.05, 4.69) is 20.0 Å². The van der Waals surface area contributed by atoms with E-state index >= 15 is 0 Å². The van der Waals surface area contributed by atoms with Crippen LogP contribution in [0.4, 0.5) is 17.2 Å². The Bertz CT molecular complexity index is 666. The number of esters is 1. The summed E-state index contributed by atoms with van der Waals surface area (Å²) in [5.41, 5.74) is 2.97. The van der Waals surface area contributed by atoms with Crippen LogP contribution in [0.3, 0.4) is 0 Å². The van der Waals surface area contributed by atoms with Crippen LogP contribution in [-0.2, 0) is 9.53 Å². The predicted octanol–water partition coefficient (Wildman–Crippen LogP) is 2.62.